The van der Waals surface area contributed by atoms with Crippen molar-refractivity contribution in [2.45, 2.75) is 19.0 Å². The molecule has 1 saturated heterocycles. The monoisotopic (exact) mass is 248 g/mol. The zero-order valence-corrected chi connectivity index (χ0v) is 10.5. The van der Waals surface area contributed by atoms with E-state index in [-0.39, 0.29) is 30.2 Å². The second kappa shape index (κ2) is 6.52. The minimum Gasteiger partial charge on any atom is -0.310 e. The van der Waals surface area contributed by atoms with E-state index in [0.717, 1.165) is 11.5 Å². The van der Waals surface area contributed by atoms with E-state index in [2.05, 4.69) is 10.6 Å². The van der Waals surface area contributed by atoms with Crippen LogP contribution in [0.5, 0.6) is 0 Å². The zero-order valence-electron chi connectivity index (χ0n) is 8.91. The summed E-state index contributed by atoms with van der Waals surface area (Å²) in [5.41, 5.74) is 0. The molecule has 15 heavy (non-hydrogen) atoms. The Balaban J connectivity index is 2.57. The van der Waals surface area contributed by atoms with E-state index < -0.39 is 0 Å². The lowest BCUT2D eigenvalue weighted by Crippen LogP contribution is -2.45. The molecule has 86 valence electrons. The average Bonchev–Trinajstić information content (AvgIpc) is 2.28. The van der Waals surface area contributed by atoms with Gasteiger partial charge in [0.2, 0.25) is 0 Å². The summed E-state index contributed by atoms with van der Waals surface area (Å²) in [5, 5.41) is 5.99. The molecule has 0 radical (unpaired) electrons. The first-order chi connectivity index (χ1) is 7.15. The van der Waals surface area contributed by atoms with Gasteiger partial charge >= 0.3 is 0 Å². The van der Waals surface area contributed by atoms with E-state index in [0.29, 0.717) is 0 Å². The third kappa shape index (κ3) is 4.14. The van der Waals surface area contributed by atoms with Crippen LogP contribution in [0.15, 0.2) is 0 Å². The summed E-state index contributed by atoms with van der Waals surface area (Å²) in [6, 6.07) is -0.303. The minimum absolute atomic E-state index is 0.0961. The number of ketones is 2. The molecule has 0 aromatic carbocycles. The molecule has 0 unspecified atom stereocenters. The quantitative estimate of drug-likeness (QED) is 0.675. The van der Waals surface area contributed by atoms with Crippen LogP contribution in [0.25, 0.3) is 0 Å². The van der Waals surface area contributed by atoms with Gasteiger partial charge in [-0.15, -0.1) is 0 Å². The first-order valence-electron chi connectivity index (χ1n) is 4.83. The van der Waals surface area contributed by atoms with Gasteiger partial charge in [-0.1, -0.05) is 21.6 Å². The first kappa shape index (κ1) is 13.0. The highest BCUT2D eigenvalue weighted by Crippen LogP contribution is 2.24. The number of rotatable bonds is 2. The van der Waals surface area contributed by atoms with Gasteiger partial charge in [-0.2, -0.15) is 0 Å². The van der Waals surface area contributed by atoms with Crippen molar-refractivity contribution in [3.05, 3.63) is 0 Å². The topological polar surface area (TPSA) is 58.2 Å². The molecule has 0 aromatic heterocycles. The van der Waals surface area contributed by atoms with Crippen LogP contribution in [0.2, 0.25) is 0 Å². The van der Waals surface area contributed by atoms with Crippen molar-refractivity contribution in [2.75, 3.05) is 25.1 Å². The summed E-state index contributed by atoms with van der Waals surface area (Å²) in [4.78, 5) is 22.9. The van der Waals surface area contributed by atoms with Gasteiger partial charge in [-0.05, 0) is 14.0 Å². The fourth-order valence-electron chi connectivity index (χ4n) is 1.24. The molecule has 1 aliphatic heterocycles. The Labute approximate surface area is 97.7 Å². The third-order valence-corrected chi connectivity index (χ3v) is 4.73. The van der Waals surface area contributed by atoms with Crippen molar-refractivity contribution in [2.24, 2.45) is 0 Å². The molecule has 2 atom stereocenters. The number of nitrogens with one attached hydrogen (secondary N) is 2. The normalized spacial score (nSPS) is 29.1. The Bertz CT molecular complexity index is 248. The summed E-state index contributed by atoms with van der Waals surface area (Å²) >= 11 is 0. The first-order valence-corrected chi connectivity index (χ1v) is 7.32. The Morgan fingerprint density at radius 3 is 2.73 bits per heavy atom. The van der Waals surface area contributed by atoms with Gasteiger partial charge in [0.25, 0.3) is 0 Å². The summed E-state index contributed by atoms with van der Waals surface area (Å²) in [5.74, 6) is 1.70. The van der Waals surface area contributed by atoms with Gasteiger partial charge in [-0.3, -0.25) is 14.9 Å². The Kier molecular flexibility index (Phi) is 5.66. The molecule has 0 saturated carbocycles. The van der Waals surface area contributed by atoms with Crippen LogP contribution in [-0.4, -0.2) is 48.7 Å². The number of hydrogen-bond donors (Lipinski definition) is 2. The maximum absolute atomic E-state index is 11.7. The van der Waals surface area contributed by atoms with E-state index in [1.165, 1.54) is 0 Å². The maximum atomic E-state index is 11.7. The van der Waals surface area contributed by atoms with E-state index >= 15 is 0 Å². The van der Waals surface area contributed by atoms with E-state index in [4.69, 9.17) is 0 Å². The molecule has 4 nitrogen and oxygen atoms in total. The lowest BCUT2D eigenvalue weighted by atomic mass is 10.2. The van der Waals surface area contributed by atoms with Crippen LogP contribution in [0.3, 0.4) is 0 Å². The van der Waals surface area contributed by atoms with Crippen LogP contribution < -0.4 is 10.6 Å². The SMILES string of the molecule is CN[C@H]1CSSC[C@@H](C(C)=O)NCC1=O. The summed E-state index contributed by atoms with van der Waals surface area (Å²) in [7, 11) is 5.07. The molecule has 0 spiro atoms. The largest absolute Gasteiger partial charge is 0.310 e. The molecule has 1 rings (SSSR count). The summed E-state index contributed by atoms with van der Waals surface area (Å²) < 4.78 is 0. The molecule has 0 amide bonds. The van der Waals surface area contributed by atoms with Gasteiger partial charge in [0.05, 0.1) is 18.6 Å². The fraction of sp³-hybridized carbons (Fsp3) is 0.778. The number of likely N-dealkylation sites (N-methyl/N-ethyl adjacent to an activating group) is 1. The second-order valence-electron chi connectivity index (χ2n) is 3.42. The second-order valence-corrected chi connectivity index (χ2v) is 5.97. The maximum Gasteiger partial charge on any atom is 0.164 e. The summed E-state index contributed by atoms with van der Waals surface area (Å²) in [6.07, 6.45) is 0. The van der Waals surface area contributed by atoms with Crippen LogP contribution in [0, 0.1) is 0 Å². The van der Waals surface area contributed by atoms with Crippen molar-refractivity contribution in [3.8, 4) is 0 Å². The van der Waals surface area contributed by atoms with E-state index in [9.17, 15) is 9.59 Å². The zero-order chi connectivity index (χ0) is 11.3. The highest BCUT2D eigenvalue weighted by Gasteiger charge is 2.22. The lowest BCUT2D eigenvalue weighted by molar-refractivity contribution is -0.120. The number of Topliss-reactive ketones (excluding diaryl/α,β-unsaturated/α-hetero) is 2. The van der Waals surface area contributed by atoms with E-state index in [1.54, 1.807) is 35.6 Å². The third-order valence-electron chi connectivity index (χ3n) is 2.30. The van der Waals surface area contributed by atoms with Crippen LogP contribution in [-0.2, 0) is 9.59 Å². The van der Waals surface area contributed by atoms with Crippen molar-refractivity contribution >= 4 is 33.2 Å². The Hall–Kier alpha value is -0.0400. The van der Waals surface area contributed by atoms with Gasteiger partial charge in [0.15, 0.2) is 5.78 Å². The standard InChI is InChI=1S/C9H16N2O2S2/c1-6(12)7-4-14-15-5-8(10-2)9(13)3-11-7/h7-8,10-11H,3-5H2,1-2H3/t7-,8-/m0/s1. The molecule has 0 aromatic rings. The Morgan fingerprint density at radius 2 is 2.13 bits per heavy atom. The van der Waals surface area contributed by atoms with E-state index in [1.807, 2.05) is 0 Å². The van der Waals surface area contributed by atoms with Gasteiger partial charge < -0.3 is 5.32 Å². The molecule has 1 aliphatic rings. The number of hydrogen-bond acceptors (Lipinski definition) is 6. The van der Waals surface area contributed by atoms with Crippen molar-refractivity contribution < 1.29 is 9.59 Å². The number of carbonyl (C=O) groups is 2. The Morgan fingerprint density at radius 1 is 1.47 bits per heavy atom. The highest BCUT2D eigenvalue weighted by molar-refractivity contribution is 8.76. The lowest BCUT2D eigenvalue weighted by Gasteiger charge is -2.14. The molecular weight excluding hydrogens is 232 g/mol. The minimum atomic E-state index is -0.193. The van der Waals surface area contributed by atoms with Gasteiger partial charge in [-0.25, -0.2) is 0 Å². The molecular formula is C9H16N2O2S2. The van der Waals surface area contributed by atoms with Gasteiger partial charge in [0, 0.05) is 11.5 Å². The predicted octanol–water partition coefficient (Wildman–Crippen LogP) is 0.0857. The smallest absolute Gasteiger partial charge is 0.164 e. The average molecular weight is 248 g/mol. The van der Waals surface area contributed by atoms with Crippen LogP contribution in [0.1, 0.15) is 6.92 Å². The molecule has 2 N–H and O–H groups in total. The molecule has 1 heterocycles. The highest BCUT2D eigenvalue weighted by atomic mass is 33.1. The molecule has 6 heteroatoms. The summed E-state index contributed by atoms with van der Waals surface area (Å²) in [6.45, 7) is 1.83. The molecule has 0 aliphatic carbocycles. The van der Waals surface area contributed by atoms with Crippen LogP contribution in [0.4, 0.5) is 0 Å². The van der Waals surface area contributed by atoms with Crippen molar-refractivity contribution in [3.63, 3.8) is 0 Å². The van der Waals surface area contributed by atoms with Crippen molar-refractivity contribution in [1.82, 2.24) is 10.6 Å². The van der Waals surface area contributed by atoms with Crippen molar-refractivity contribution in [1.29, 1.82) is 0 Å². The number of carbonyl (C=O) groups excluding carboxylic acids is 2. The molecule has 1 fully saturated rings. The molecule has 0 bridgehead atoms. The predicted molar refractivity (Wildman–Crippen MR) is 65.2 cm³/mol. The van der Waals surface area contributed by atoms with Gasteiger partial charge in [0.1, 0.15) is 5.78 Å². The fourth-order valence-corrected chi connectivity index (χ4v) is 3.80. The van der Waals surface area contributed by atoms with Crippen LogP contribution >= 0.6 is 21.6 Å².